The number of hydrogen-bond acceptors (Lipinski definition) is 4. The summed E-state index contributed by atoms with van der Waals surface area (Å²) in [5, 5.41) is 9.49. The second-order valence-electron chi connectivity index (χ2n) is 3.44. The molecule has 0 atom stereocenters. The Bertz CT molecular complexity index is 409. The van der Waals surface area contributed by atoms with Crippen molar-refractivity contribution >= 4 is 11.8 Å². The molecule has 86 valence electrons. The maximum Gasteiger partial charge on any atom is 0.338 e. The molecule has 0 fully saturated rings. The number of esters is 1. The lowest BCUT2D eigenvalue weighted by Gasteiger charge is -2.06. The Hall–Kier alpha value is -1.84. The third-order valence-electron chi connectivity index (χ3n) is 2.03. The molecular weight excluding hydrogens is 208 g/mol. The molecule has 0 bridgehead atoms. The smallest absolute Gasteiger partial charge is 0.338 e. The summed E-state index contributed by atoms with van der Waals surface area (Å²) in [4.78, 5) is 22.4. The van der Waals surface area contributed by atoms with Gasteiger partial charge in [0.05, 0.1) is 12.2 Å². The Morgan fingerprint density at radius 1 is 1.38 bits per heavy atom. The van der Waals surface area contributed by atoms with Crippen molar-refractivity contribution in [2.75, 3.05) is 6.61 Å². The second kappa shape index (κ2) is 5.30. The maximum atomic E-state index is 11.4. The van der Waals surface area contributed by atoms with E-state index in [1.807, 2.05) is 0 Å². The molecule has 0 saturated heterocycles. The van der Waals surface area contributed by atoms with Crippen LogP contribution in [0.3, 0.4) is 0 Å². The number of phenolic OH excluding ortho intramolecular Hbond substituents is 1. The Morgan fingerprint density at radius 2 is 2.06 bits per heavy atom. The number of aromatic hydroxyl groups is 1. The fourth-order valence-electron chi connectivity index (χ4n) is 1.34. The van der Waals surface area contributed by atoms with E-state index in [1.165, 1.54) is 25.1 Å². The van der Waals surface area contributed by atoms with E-state index in [0.717, 1.165) is 0 Å². The number of carbonyl (C=O) groups excluding carboxylic acids is 2. The number of ketones is 1. The highest BCUT2D eigenvalue weighted by Crippen LogP contribution is 2.19. The third kappa shape index (κ3) is 3.08. The molecule has 0 aliphatic carbocycles. The van der Waals surface area contributed by atoms with Gasteiger partial charge in [-0.3, -0.25) is 4.79 Å². The van der Waals surface area contributed by atoms with Crippen LogP contribution in [-0.2, 0) is 16.0 Å². The molecule has 0 saturated carbocycles. The van der Waals surface area contributed by atoms with Crippen LogP contribution in [0.15, 0.2) is 18.2 Å². The predicted octanol–water partition coefficient (Wildman–Crippen LogP) is 1.70. The van der Waals surface area contributed by atoms with Gasteiger partial charge in [0.2, 0.25) is 0 Å². The summed E-state index contributed by atoms with van der Waals surface area (Å²) >= 11 is 0. The second-order valence-corrected chi connectivity index (χ2v) is 3.44. The van der Waals surface area contributed by atoms with Crippen LogP contribution >= 0.6 is 0 Å². The normalized spacial score (nSPS) is 9.88. The average molecular weight is 222 g/mol. The van der Waals surface area contributed by atoms with E-state index in [1.54, 1.807) is 6.92 Å². The molecule has 4 nitrogen and oxygen atoms in total. The summed E-state index contributed by atoms with van der Waals surface area (Å²) in [5.41, 5.74) is 0.786. The van der Waals surface area contributed by atoms with E-state index in [4.69, 9.17) is 4.74 Å². The maximum absolute atomic E-state index is 11.4. The molecule has 0 aromatic heterocycles. The van der Waals surface area contributed by atoms with E-state index in [2.05, 4.69) is 0 Å². The Balaban J connectivity index is 2.97. The lowest BCUT2D eigenvalue weighted by Crippen LogP contribution is -2.06. The first-order valence-electron chi connectivity index (χ1n) is 5.03. The molecule has 0 spiro atoms. The summed E-state index contributed by atoms with van der Waals surface area (Å²) in [7, 11) is 0. The van der Waals surface area contributed by atoms with E-state index in [-0.39, 0.29) is 18.0 Å². The van der Waals surface area contributed by atoms with Gasteiger partial charge in [-0.25, -0.2) is 4.79 Å². The fraction of sp³-hybridized carbons (Fsp3) is 0.333. The molecular formula is C12H14O4. The number of phenols is 1. The van der Waals surface area contributed by atoms with Gasteiger partial charge in [0.25, 0.3) is 0 Å². The molecule has 1 N–H and O–H groups in total. The molecule has 0 heterocycles. The number of benzene rings is 1. The number of ether oxygens (including phenoxy) is 1. The lowest BCUT2D eigenvalue weighted by atomic mass is 10.1. The van der Waals surface area contributed by atoms with Crippen LogP contribution in [0.1, 0.15) is 29.8 Å². The van der Waals surface area contributed by atoms with Crippen LogP contribution in [0, 0.1) is 0 Å². The highest BCUT2D eigenvalue weighted by molar-refractivity contribution is 5.90. The molecule has 1 rings (SSSR count). The Labute approximate surface area is 93.9 Å². The first kappa shape index (κ1) is 12.2. The van der Waals surface area contributed by atoms with E-state index >= 15 is 0 Å². The molecule has 0 aliphatic rings. The highest BCUT2D eigenvalue weighted by Gasteiger charge is 2.11. The van der Waals surface area contributed by atoms with Crippen molar-refractivity contribution in [2.24, 2.45) is 0 Å². The van der Waals surface area contributed by atoms with Gasteiger partial charge in [0, 0.05) is 12.0 Å². The monoisotopic (exact) mass is 222 g/mol. The molecule has 0 aliphatic heterocycles. The average Bonchev–Trinajstić information content (AvgIpc) is 2.21. The Kier molecular flexibility index (Phi) is 4.05. The quantitative estimate of drug-likeness (QED) is 0.787. The van der Waals surface area contributed by atoms with Gasteiger partial charge < -0.3 is 9.84 Å². The molecule has 4 heteroatoms. The summed E-state index contributed by atoms with van der Waals surface area (Å²) in [6.07, 6.45) is 0.110. The molecule has 0 unspecified atom stereocenters. The van der Waals surface area contributed by atoms with Crippen molar-refractivity contribution in [2.45, 2.75) is 20.3 Å². The van der Waals surface area contributed by atoms with E-state index in [9.17, 15) is 14.7 Å². The standard InChI is InChI=1S/C12H14O4/c1-3-16-12(15)9-4-5-11(14)10(7-9)6-8(2)13/h4-5,7,14H,3,6H2,1-2H3. The Morgan fingerprint density at radius 3 is 2.62 bits per heavy atom. The largest absolute Gasteiger partial charge is 0.508 e. The van der Waals surface area contributed by atoms with Crippen LogP contribution in [0.25, 0.3) is 0 Å². The van der Waals surface area contributed by atoms with Crippen molar-refractivity contribution in [3.05, 3.63) is 29.3 Å². The molecule has 16 heavy (non-hydrogen) atoms. The summed E-state index contributed by atoms with van der Waals surface area (Å²) in [6, 6.07) is 4.34. The summed E-state index contributed by atoms with van der Waals surface area (Å²) in [5.74, 6) is -0.508. The van der Waals surface area contributed by atoms with Gasteiger partial charge in [0.15, 0.2) is 0 Å². The van der Waals surface area contributed by atoms with Crippen LogP contribution in [-0.4, -0.2) is 23.5 Å². The van der Waals surface area contributed by atoms with Gasteiger partial charge in [-0.15, -0.1) is 0 Å². The molecule has 1 aromatic carbocycles. The fourth-order valence-corrected chi connectivity index (χ4v) is 1.34. The van der Waals surface area contributed by atoms with Gasteiger partial charge in [-0.2, -0.15) is 0 Å². The van der Waals surface area contributed by atoms with Crippen LogP contribution < -0.4 is 0 Å². The summed E-state index contributed by atoms with van der Waals surface area (Å²) < 4.78 is 4.82. The summed E-state index contributed by atoms with van der Waals surface area (Å²) in [6.45, 7) is 3.44. The van der Waals surface area contributed by atoms with E-state index in [0.29, 0.717) is 17.7 Å². The topological polar surface area (TPSA) is 63.6 Å². The van der Waals surface area contributed by atoms with Gasteiger partial charge in [-0.05, 0) is 32.0 Å². The first-order chi connectivity index (χ1) is 7.54. The lowest BCUT2D eigenvalue weighted by molar-refractivity contribution is -0.116. The minimum atomic E-state index is -0.452. The number of rotatable bonds is 4. The van der Waals surface area contributed by atoms with Crippen molar-refractivity contribution in [3.63, 3.8) is 0 Å². The van der Waals surface area contributed by atoms with Crippen molar-refractivity contribution < 1.29 is 19.4 Å². The van der Waals surface area contributed by atoms with Crippen LogP contribution in [0.4, 0.5) is 0 Å². The van der Waals surface area contributed by atoms with Crippen molar-refractivity contribution in [1.82, 2.24) is 0 Å². The van der Waals surface area contributed by atoms with Gasteiger partial charge >= 0.3 is 5.97 Å². The SMILES string of the molecule is CCOC(=O)c1ccc(O)c(CC(C)=O)c1. The van der Waals surface area contributed by atoms with Crippen molar-refractivity contribution in [3.8, 4) is 5.75 Å². The molecule has 0 radical (unpaired) electrons. The highest BCUT2D eigenvalue weighted by atomic mass is 16.5. The number of carbonyl (C=O) groups is 2. The predicted molar refractivity (Wildman–Crippen MR) is 58.4 cm³/mol. The van der Waals surface area contributed by atoms with E-state index < -0.39 is 5.97 Å². The molecule has 0 amide bonds. The molecule has 1 aromatic rings. The number of Topliss-reactive ketones (excluding diaryl/α,β-unsaturated/α-hetero) is 1. The minimum Gasteiger partial charge on any atom is -0.508 e. The zero-order chi connectivity index (χ0) is 12.1. The number of hydrogen-bond donors (Lipinski definition) is 1. The minimum absolute atomic E-state index is 0.0169. The zero-order valence-corrected chi connectivity index (χ0v) is 9.32. The zero-order valence-electron chi connectivity index (χ0n) is 9.32. The van der Waals surface area contributed by atoms with Gasteiger partial charge in [0.1, 0.15) is 11.5 Å². The van der Waals surface area contributed by atoms with Crippen molar-refractivity contribution in [1.29, 1.82) is 0 Å². The third-order valence-corrected chi connectivity index (χ3v) is 2.03. The van der Waals surface area contributed by atoms with Crippen LogP contribution in [0.5, 0.6) is 5.75 Å². The van der Waals surface area contributed by atoms with Crippen LogP contribution in [0.2, 0.25) is 0 Å². The first-order valence-corrected chi connectivity index (χ1v) is 5.03. The van der Waals surface area contributed by atoms with Gasteiger partial charge in [-0.1, -0.05) is 0 Å².